The molecule has 0 aliphatic carbocycles. The Kier molecular flexibility index (Phi) is 4.48. The van der Waals surface area contributed by atoms with Crippen molar-refractivity contribution in [1.82, 2.24) is 15.1 Å². The van der Waals surface area contributed by atoms with Crippen LogP contribution < -0.4 is 0 Å². The summed E-state index contributed by atoms with van der Waals surface area (Å²) in [6.45, 7) is 1.49. The molecule has 17 heavy (non-hydrogen) atoms. The van der Waals surface area contributed by atoms with Gasteiger partial charge in [0.1, 0.15) is 0 Å². The first-order valence-electron chi connectivity index (χ1n) is 5.24. The highest BCUT2D eigenvalue weighted by Crippen LogP contribution is 2.19. The van der Waals surface area contributed by atoms with E-state index in [2.05, 4.69) is 10.2 Å². The van der Waals surface area contributed by atoms with Gasteiger partial charge in [-0.05, 0) is 18.2 Å². The molecule has 92 valence electrons. The van der Waals surface area contributed by atoms with E-state index < -0.39 is 0 Å². The van der Waals surface area contributed by atoms with Gasteiger partial charge in [0.15, 0.2) is 10.3 Å². The molecule has 0 spiro atoms. The Bertz CT molecular complexity index is 422. The summed E-state index contributed by atoms with van der Waals surface area (Å²) in [6, 6.07) is 1.47. The molecular formula is C10H11Cl2N3OS. The minimum absolute atomic E-state index is 0.108. The molecule has 1 aromatic rings. The molecule has 0 unspecified atom stereocenters. The van der Waals surface area contributed by atoms with Crippen LogP contribution >= 0.6 is 35.0 Å². The zero-order valence-electron chi connectivity index (χ0n) is 9.03. The Morgan fingerprint density at radius 3 is 2.94 bits per heavy atom. The summed E-state index contributed by atoms with van der Waals surface area (Å²) in [5.74, 6) is 1.93. The van der Waals surface area contributed by atoms with Crippen molar-refractivity contribution in [3.05, 3.63) is 21.9 Å². The Hall–Kier alpha value is -0.520. The molecule has 0 saturated carbocycles. The number of amides is 1. The number of hydrogen-bond donors (Lipinski definition) is 0. The van der Waals surface area contributed by atoms with Gasteiger partial charge in [0, 0.05) is 18.8 Å². The van der Waals surface area contributed by atoms with Crippen molar-refractivity contribution in [3.63, 3.8) is 0 Å². The summed E-state index contributed by atoms with van der Waals surface area (Å²) < 4.78 is 0. The third-order valence-corrected chi connectivity index (χ3v) is 3.97. The van der Waals surface area contributed by atoms with Gasteiger partial charge >= 0.3 is 0 Å². The van der Waals surface area contributed by atoms with E-state index in [0.717, 1.165) is 31.0 Å². The van der Waals surface area contributed by atoms with Gasteiger partial charge in [0.05, 0.1) is 5.56 Å². The van der Waals surface area contributed by atoms with E-state index in [0.29, 0.717) is 5.56 Å². The minimum atomic E-state index is -0.116. The number of carbonyl (C=O) groups is 1. The van der Waals surface area contributed by atoms with E-state index in [1.807, 2.05) is 11.8 Å². The van der Waals surface area contributed by atoms with Crippen molar-refractivity contribution in [3.8, 4) is 0 Å². The second-order valence-corrected chi connectivity index (χ2v) is 5.60. The van der Waals surface area contributed by atoms with Crippen molar-refractivity contribution in [2.75, 3.05) is 24.6 Å². The highest BCUT2D eigenvalue weighted by atomic mass is 35.5. The molecular weight excluding hydrogens is 281 g/mol. The zero-order valence-corrected chi connectivity index (χ0v) is 11.4. The molecule has 1 aliphatic heterocycles. The van der Waals surface area contributed by atoms with Crippen LogP contribution in [0.15, 0.2) is 6.07 Å². The number of nitrogens with zero attached hydrogens (tertiary/aromatic N) is 3. The van der Waals surface area contributed by atoms with Gasteiger partial charge < -0.3 is 4.90 Å². The average Bonchev–Trinajstić information content (AvgIpc) is 2.60. The van der Waals surface area contributed by atoms with Gasteiger partial charge in [-0.25, -0.2) is 0 Å². The monoisotopic (exact) mass is 291 g/mol. The average molecular weight is 292 g/mol. The second-order valence-electron chi connectivity index (χ2n) is 3.63. The van der Waals surface area contributed by atoms with E-state index in [1.54, 1.807) is 4.90 Å². The summed E-state index contributed by atoms with van der Waals surface area (Å²) in [5, 5.41) is 7.53. The Morgan fingerprint density at radius 1 is 1.29 bits per heavy atom. The lowest BCUT2D eigenvalue weighted by atomic mass is 10.2. The Labute approximate surface area is 114 Å². The molecule has 0 radical (unpaired) electrons. The van der Waals surface area contributed by atoms with Crippen LogP contribution in [-0.4, -0.2) is 45.6 Å². The van der Waals surface area contributed by atoms with E-state index in [-0.39, 0.29) is 16.2 Å². The summed E-state index contributed by atoms with van der Waals surface area (Å²) >= 11 is 13.4. The van der Waals surface area contributed by atoms with Gasteiger partial charge in [-0.1, -0.05) is 23.2 Å². The summed E-state index contributed by atoms with van der Waals surface area (Å²) in [6.07, 6.45) is 1.00. The van der Waals surface area contributed by atoms with Crippen LogP contribution in [0, 0.1) is 0 Å². The summed E-state index contributed by atoms with van der Waals surface area (Å²) in [4.78, 5) is 14.0. The topological polar surface area (TPSA) is 46.1 Å². The molecule has 1 saturated heterocycles. The van der Waals surface area contributed by atoms with Crippen LogP contribution in [0.3, 0.4) is 0 Å². The Morgan fingerprint density at radius 2 is 2.12 bits per heavy atom. The predicted molar refractivity (Wildman–Crippen MR) is 69.9 cm³/mol. The van der Waals surface area contributed by atoms with Gasteiger partial charge in [0.2, 0.25) is 0 Å². The fourth-order valence-corrected chi connectivity index (χ4v) is 2.83. The summed E-state index contributed by atoms with van der Waals surface area (Å²) in [5.41, 5.74) is 0.332. The largest absolute Gasteiger partial charge is 0.338 e. The lowest BCUT2D eigenvalue weighted by Crippen LogP contribution is -2.33. The molecule has 2 rings (SSSR count). The maximum atomic E-state index is 12.2. The quantitative estimate of drug-likeness (QED) is 0.797. The standard InChI is InChI=1S/C10H11Cl2N3OS/c11-8-6-7(9(12)14-13-8)10(16)15-2-1-4-17-5-3-15/h6H,1-5H2. The number of thioether (sulfide) groups is 1. The second kappa shape index (κ2) is 5.89. The molecule has 0 N–H and O–H groups in total. The van der Waals surface area contributed by atoms with Crippen LogP contribution in [0.25, 0.3) is 0 Å². The van der Waals surface area contributed by atoms with Crippen molar-refractivity contribution in [2.24, 2.45) is 0 Å². The molecule has 0 atom stereocenters. The third kappa shape index (κ3) is 3.24. The van der Waals surface area contributed by atoms with Crippen molar-refractivity contribution in [1.29, 1.82) is 0 Å². The summed E-state index contributed by atoms with van der Waals surface area (Å²) in [7, 11) is 0. The first kappa shape index (κ1) is 12.9. The normalized spacial score (nSPS) is 16.7. The molecule has 1 aromatic heterocycles. The minimum Gasteiger partial charge on any atom is -0.338 e. The SMILES string of the molecule is O=C(c1cc(Cl)nnc1Cl)N1CCCSCC1. The number of rotatable bonds is 1. The molecule has 1 aliphatic rings. The molecule has 1 fully saturated rings. The smallest absolute Gasteiger partial charge is 0.257 e. The molecule has 7 heteroatoms. The molecule has 2 heterocycles. The lowest BCUT2D eigenvalue weighted by Gasteiger charge is -2.20. The van der Waals surface area contributed by atoms with Gasteiger partial charge in [-0.3, -0.25) is 4.79 Å². The lowest BCUT2D eigenvalue weighted by molar-refractivity contribution is 0.0768. The first-order valence-corrected chi connectivity index (χ1v) is 7.15. The van der Waals surface area contributed by atoms with E-state index in [4.69, 9.17) is 23.2 Å². The number of halogens is 2. The molecule has 0 aromatic carbocycles. The van der Waals surface area contributed by atoms with Crippen molar-refractivity contribution < 1.29 is 4.79 Å². The molecule has 1 amide bonds. The van der Waals surface area contributed by atoms with E-state index in [1.165, 1.54) is 6.07 Å². The fraction of sp³-hybridized carbons (Fsp3) is 0.500. The van der Waals surface area contributed by atoms with Crippen LogP contribution in [0.5, 0.6) is 0 Å². The van der Waals surface area contributed by atoms with Gasteiger partial charge in [0.25, 0.3) is 5.91 Å². The van der Waals surface area contributed by atoms with Crippen molar-refractivity contribution >= 4 is 40.9 Å². The number of carbonyl (C=O) groups excluding carboxylic acids is 1. The van der Waals surface area contributed by atoms with E-state index in [9.17, 15) is 4.79 Å². The highest BCUT2D eigenvalue weighted by Gasteiger charge is 2.21. The molecule has 4 nitrogen and oxygen atoms in total. The first-order chi connectivity index (χ1) is 8.18. The number of hydrogen-bond acceptors (Lipinski definition) is 4. The maximum Gasteiger partial charge on any atom is 0.257 e. The van der Waals surface area contributed by atoms with Crippen LogP contribution in [0.2, 0.25) is 10.3 Å². The maximum absolute atomic E-state index is 12.2. The van der Waals surface area contributed by atoms with Crippen LogP contribution in [-0.2, 0) is 0 Å². The van der Waals surface area contributed by atoms with Crippen molar-refractivity contribution in [2.45, 2.75) is 6.42 Å². The van der Waals surface area contributed by atoms with Gasteiger partial charge in [-0.2, -0.15) is 11.8 Å². The predicted octanol–water partition coefficient (Wildman–Crippen LogP) is 2.36. The highest BCUT2D eigenvalue weighted by molar-refractivity contribution is 7.99. The van der Waals surface area contributed by atoms with Crippen LogP contribution in [0.1, 0.15) is 16.8 Å². The zero-order chi connectivity index (χ0) is 12.3. The van der Waals surface area contributed by atoms with Crippen LogP contribution in [0.4, 0.5) is 0 Å². The third-order valence-electron chi connectivity index (χ3n) is 2.46. The molecule has 0 bridgehead atoms. The van der Waals surface area contributed by atoms with E-state index >= 15 is 0 Å². The fourth-order valence-electron chi connectivity index (χ4n) is 1.62. The Balaban J connectivity index is 2.20. The number of aromatic nitrogens is 2. The van der Waals surface area contributed by atoms with Gasteiger partial charge in [-0.15, -0.1) is 10.2 Å².